The number of Topliss-reactive ketones (excluding diaryl/α,β-unsaturated/α-hetero) is 1. The molecule has 1 aliphatic rings. The van der Waals surface area contributed by atoms with Crippen molar-refractivity contribution in [2.75, 3.05) is 36.5 Å². The molecule has 4 rings (SSSR count). The van der Waals surface area contributed by atoms with Gasteiger partial charge < -0.3 is 15.0 Å². The lowest BCUT2D eigenvalue weighted by molar-refractivity contribution is -0.116. The van der Waals surface area contributed by atoms with E-state index in [1.165, 1.54) is 5.69 Å². The molecule has 2 aromatic carbocycles. The lowest BCUT2D eigenvalue weighted by Crippen LogP contribution is -2.36. The van der Waals surface area contributed by atoms with Gasteiger partial charge in [0.1, 0.15) is 5.78 Å². The van der Waals surface area contributed by atoms with Crippen LogP contribution in [-0.2, 0) is 16.0 Å². The molecule has 3 aromatic rings. The molecule has 6 nitrogen and oxygen atoms in total. The van der Waals surface area contributed by atoms with Crippen molar-refractivity contribution in [1.29, 1.82) is 0 Å². The zero-order chi connectivity index (χ0) is 20.1. The van der Waals surface area contributed by atoms with Crippen LogP contribution in [0.15, 0.2) is 60.8 Å². The molecule has 2 heterocycles. The van der Waals surface area contributed by atoms with E-state index in [9.17, 15) is 4.79 Å². The van der Waals surface area contributed by atoms with Crippen LogP contribution in [0.25, 0.3) is 11.3 Å². The molecule has 0 amide bonds. The average Bonchev–Trinajstić information content (AvgIpc) is 2.75. The number of hydrogen-bond donors (Lipinski definition) is 1. The molecule has 0 saturated carbocycles. The van der Waals surface area contributed by atoms with Crippen LogP contribution in [0, 0.1) is 0 Å². The summed E-state index contributed by atoms with van der Waals surface area (Å²) in [5.41, 5.74) is 4.90. The number of ketones is 1. The summed E-state index contributed by atoms with van der Waals surface area (Å²) in [6.07, 6.45) is 2.17. The number of nitrogens with zero attached hydrogens (tertiary/aromatic N) is 3. The normalized spacial score (nSPS) is 13.9. The second-order valence-electron chi connectivity index (χ2n) is 7.12. The number of ether oxygens (including phenoxy) is 1. The zero-order valence-corrected chi connectivity index (χ0v) is 16.5. The van der Waals surface area contributed by atoms with Crippen molar-refractivity contribution in [1.82, 2.24) is 9.97 Å². The van der Waals surface area contributed by atoms with Gasteiger partial charge in [0.05, 0.1) is 18.9 Å². The summed E-state index contributed by atoms with van der Waals surface area (Å²) in [6, 6.07) is 18.1. The number of anilines is 3. The van der Waals surface area contributed by atoms with Gasteiger partial charge in [-0.2, -0.15) is 0 Å². The van der Waals surface area contributed by atoms with Crippen LogP contribution in [0.1, 0.15) is 12.5 Å². The van der Waals surface area contributed by atoms with Crippen LogP contribution in [0.2, 0.25) is 0 Å². The van der Waals surface area contributed by atoms with Gasteiger partial charge in [-0.15, -0.1) is 0 Å². The molecule has 1 aliphatic heterocycles. The van der Waals surface area contributed by atoms with Crippen molar-refractivity contribution in [2.45, 2.75) is 13.3 Å². The predicted molar refractivity (Wildman–Crippen MR) is 115 cm³/mol. The fourth-order valence-electron chi connectivity index (χ4n) is 3.41. The van der Waals surface area contributed by atoms with Gasteiger partial charge in [-0.25, -0.2) is 9.97 Å². The summed E-state index contributed by atoms with van der Waals surface area (Å²) < 4.78 is 5.41. The minimum atomic E-state index is 0.146. The van der Waals surface area contributed by atoms with Crippen molar-refractivity contribution in [3.05, 3.63) is 66.4 Å². The van der Waals surface area contributed by atoms with Crippen LogP contribution in [0.5, 0.6) is 0 Å². The third kappa shape index (κ3) is 4.97. The fourth-order valence-corrected chi connectivity index (χ4v) is 3.41. The number of benzene rings is 2. The zero-order valence-electron chi connectivity index (χ0n) is 16.5. The van der Waals surface area contributed by atoms with E-state index >= 15 is 0 Å². The topological polar surface area (TPSA) is 67.4 Å². The Morgan fingerprint density at radius 3 is 2.66 bits per heavy atom. The second kappa shape index (κ2) is 8.84. The summed E-state index contributed by atoms with van der Waals surface area (Å²) in [7, 11) is 0. The Balaban J connectivity index is 1.48. The van der Waals surface area contributed by atoms with Gasteiger partial charge in [0, 0.05) is 42.6 Å². The van der Waals surface area contributed by atoms with E-state index in [0.717, 1.165) is 48.8 Å². The van der Waals surface area contributed by atoms with E-state index in [0.29, 0.717) is 12.4 Å². The van der Waals surface area contributed by atoms with E-state index in [1.807, 2.05) is 42.5 Å². The molecule has 0 spiro atoms. The lowest BCUT2D eigenvalue weighted by Gasteiger charge is -2.28. The molecule has 1 saturated heterocycles. The number of carbonyl (C=O) groups is 1. The van der Waals surface area contributed by atoms with Gasteiger partial charge in [0.15, 0.2) is 0 Å². The average molecular weight is 388 g/mol. The quantitative estimate of drug-likeness (QED) is 0.692. The highest BCUT2D eigenvalue weighted by Gasteiger charge is 2.11. The Labute approximate surface area is 170 Å². The highest BCUT2D eigenvalue weighted by atomic mass is 16.5. The van der Waals surface area contributed by atoms with Crippen molar-refractivity contribution < 1.29 is 9.53 Å². The maximum Gasteiger partial charge on any atom is 0.227 e. The van der Waals surface area contributed by atoms with Crippen molar-refractivity contribution >= 4 is 23.1 Å². The molecule has 0 bridgehead atoms. The second-order valence-corrected chi connectivity index (χ2v) is 7.12. The molecule has 29 heavy (non-hydrogen) atoms. The number of morpholine rings is 1. The first-order valence-electron chi connectivity index (χ1n) is 9.79. The van der Waals surface area contributed by atoms with E-state index in [1.54, 1.807) is 13.1 Å². The van der Waals surface area contributed by atoms with E-state index in [-0.39, 0.29) is 5.78 Å². The first-order chi connectivity index (χ1) is 14.2. The standard InChI is InChI=1S/C23H24N4O2/c1-17(28)15-18-3-2-4-19(16-18)22-9-10-24-23(26-22)25-20-5-7-21(8-6-20)27-11-13-29-14-12-27/h2-10,16H,11-15H2,1H3,(H,24,25,26). The summed E-state index contributed by atoms with van der Waals surface area (Å²) in [5, 5.41) is 3.27. The van der Waals surface area contributed by atoms with Gasteiger partial charge in [0.2, 0.25) is 5.95 Å². The molecule has 6 heteroatoms. The molecule has 0 atom stereocenters. The Morgan fingerprint density at radius 2 is 1.90 bits per heavy atom. The molecule has 0 radical (unpaired) electrons. The fraction of sp³-hybridized carbons (Fsp3) is 0.261. The van der Waals surface area contributed by atoms with Crippen LogP contribution < -0.4 is 10.2 Å². The van der Waals surface area contributed by atoms with Crippen LogP contribution in [0.4, 0.5) is 17.3 Å². The molecular formula is C23H24N4O2. The third-order valence-corrected chi connectivity index (χ3v) is 4.83. The number of nitrogens with one attached hydrogen (secondary N) is 1. The van der Waals surface area contributed by atoms with Gasteiger partial charge >= 0.3 is 0 Å². The van der Waals surface area contributed by atoms with Crippen LogP contribution in [0.3, 0.4) is 0 Å². The Hall–Kier alpha value is -3.25. The SMILES string of the molecule is CC(=O)Cc1cccc(-c2ccnc(Nc3ccc(N4CCOCC4)cc3)n2)c1. The Morgan fingerprint density at radius 1 is 1.10 bits per heavy atom. The molecule has 0 aliphatic carbocycles. The first kappa shape index (κ1) is 19.1. The molecule has 148 valence electrons. The first-order valence-corrected chi connectivity index (χ1v) is 9.79. The lowest BCUT2D eigenvalue weighted by atomic mass is 10.0. The molecular weight excluding hydrogens is 364 g/mol. The number of hydrogen-bond acceptors (Lipinski definition) is 6. The van der Waals surface area contributed by atoms with Crippen molar-refractivity contribution in [3.8, 4) is 11.3 Å². The minimum Gasteiger partial charge on any atom is -0.378 e. The molecule has 1 aromatic heterocycles. The minimum absolute atomic E-state index is 0.146. The van der Waals surface area contributed by atoms with Gasteiger partial charge in [-0.05, 0) is 48.9 Å². The monoisotopic (exact) mass is 388 g/mol. The molecule has 1 fully saturated rings. The van der Waals surface area contributed by atoms with E-state index in [4.69, 9.17) is 4.74 Å². The number of carbonyl (C=O) groups excluding carboxylic acids is 1. The number of rotatable bonds is 6. The van der Waals surface area contributed by atoms with Crippen LogP contribution in [-0.4, -0.2) is 42.1 Å². The highest BCUT2D eigenvalue weighted by molar-refractivity contribution is 5.78. The van der Waals surface area contributed by atoms with Gasteiger partial charge in [0.25, 0.3) is 0 Å². The largest absolute Gasteiger partial charge is 0.378 e. The summed E-state index contributed by atoms with van der Waals surface area (Å²) in [4.78, 5) is 22.7. The smallest absolute Gasteiger partial charge is 0.227 e. The highest BCUT2D eigenvalue weighted by Crippen LogP contribution is 2.23. The maximum atomic E-state index is 11.4. The van der Waals surface area contributed by atoms with Crippen molar-refractivity contribution in [2.24, 2.45) is 0 Å². The van der Waals surface area contributed by atoms with Gasteiger partial charge in [-0.3, -0.25) is 4.79 Å². The van der Waals surface area contributed by atoms with E-state index < -0.39 is 0 Å². The Kier molecular flexibility index (Phi) is 5.81. The Bertz CT molecular complexity index is 982. The summed E-state index contributed by atoms with van der Waals surface area (Å²) in [5.74, 6) is 0.686. The maximum absolute atomic E-state index is 11.4. The molecule has 1 N–H and O–H groups in total. The number of aromatic nitrogens is 2. The summed E-state index contributed by atoms with van der Waals surface area (Å²) >= 11 is 0. The predicted octanol–water partition coefficient (Wildman–Crippen LogP) is 3.86. The van der Waals surface area contributed by atoms with E-state index in [2.05, 4.69) is 32.3 Å². The molecule has 0 unspecified atom stereocenters. The van der Waals surface area contributed by atoms with Crippen molar-refractivity contribution in [3.63, 3.8) is 0 Å². The summed E-state index contributed by atoms with van der Waals surface area (Å²) in [6.45, 7) is 4.98. The van der Waals surface area contributed by atoms with Crippen LogP contribution >= 0.6 is 0 Å². The van der Waals surface area contributed by atoms with Gasteiger partial charge in [-0.1, -0.05) is 18.2 Å². The third-order valence-electron chi connectivity index (χ3n) is 4.83.